The zero-order valence-corrected chi connectivity index (χ0v) is 17.7. The maximum absolute atomic E-state index is 13.9. The summed E-state index contributed by atoms with van der Waals surface area (Å²) in [5.74, 6) is -0.595. The average molecular weight is 556 g/mol. The molecule has 1 aromatic carbocycles. The molecule has 0 spiro atoms. The number of carbonyl (C=O) groups excluding carboxylic acids is 1. The third-order valence-corrected chi connectivity index (χ3v) is 6.02. The first kappa shape index (κ1) is 18.6. The van der Waals surface area contributed by atoms with E-state index < -0.39 is 11.7 Å². The fraction of sp³-hybridized carbons (Fsp3) is 0.0714. The topological polar surface area (TPSA) is 75.6 Å². The molecule has 130 valence electrons. The van der Waals surface area contributed by atoms with Gasteiger partial charge in [-0.25, -0.2) is 4.39 Å². The first-order valence-corrected chi connectivity index (χ1v) is 9.49. The quantitative estimate of drug-likeness (QED) is 0.476. The fourth-order valence-electron chi connectivity index (χ4n) is 2.03. The number of hydrogen-bond donors (Lipinski definition) is 2. The molecule has 25 heavy (non-hydrogen) atoms. The SMILES string of the molecule is O=C(Nc1nn(Cc2c(F)cccc2Cl)cc1Br)c1n[nH]c(Br)c1Br. The number of benzene rings is 1. The summed E-state index contributed by atoms with van der Waals surface area (Å²) in [4.78, 5) is 12.3. The standard InChI is InChI=1S/C14H8Br3ClFN5O/c15-7-5-24(4-6-8(18)2-1-3-9(6)19)23-13(7)20-14(25)11-10(16)12(17)22-21-11/h1-3,5H,4H2,(H,21,22)(H,20,23,25). The van der Waals surface area contributed by atoms with Gasteiger partial charge in [0.25, 0.3) is 5.91 Å². The lowest BCUT2D eigenvalue weighted by atomic mass is 10.2. The smallest absolute Gasteiger partial charge is 0.278 e. The van der Waals surface area contributed by atoms with Crippen molar-refractivity contribution in [2.45, 2.75) is 6.54 Å². The number of nitrogens with zero attached hydrogens (tertiary/aromatic N) is 3. The number of hydrogen-bond acceptors (Lipinski definition) is 3. The van der Waals surface area contributed by atoms with Crippen molar-refractivity contribution in [1.82, 2.24) is 20.0 Å². The fourth-order valence-corrected chi connectivity index (χ4v) is 3.30. The molecule has 0 aliphatic rings. The number of nitrogens with one attached hydrogen (secondary N) is 2. The highest BCUT2D eigenvalue weighted by Crippen LogP contribution is 2.27. The summed E-state index contributed by atoms with van der Waals surface area (Å²) >= 11 is 15.8. The zero-order chi connectivity index (χ0) is 18.1. The Labute approximate surface area is 171 Å². The third kappa shape index (κ3) is 3.97. The van der Waals surface area contributed by atoms with E-state index in [9.17, 15) is 9.18 Å². The van der Waals surface area contributed by atoms with Crippen molar-refractivity contribution in [3.63, 3.8) is 0 Å². The number of H-pyrrole nitrogens is 1. The maximum atomic E-state index is 13.9. The second kappa shape index (κ2) is 7.56. The molecular formula is C14H8Br3ClFN5O. The number of carbonyl (C=O) groups is 1. The Balaban J connectivity index is 1.81. The highest BCUT2D eigenvalue weighted by Gasteiger charge is 2.19. The van der Waals surface area contributed by atoms with Crippen LogP contribution in [0.1, 0.15) is 16.1 Å². The Morgan fingerprint density at radius 1 is 1.36 bits per heavy atom. The minimum Gasteiger partial charge on any atom is -0.303 e. The minimum atomic E-state index is -0.455. The van der Waals surface area contributed by atoms with E-state index in [4.69, 9.17) is 11.6 Å². The summed E-state index contributed by atoms with van der Waals surface area (Å²) in [6, 6.07) is 4.47. The molecule has 11 heteroatoms. The molecule has 1 amide bonds. The van der Waals surface area contributed by atoms with Gasteiger partial charge >= 0.3 is 0 Å². The van der Waals surface area contributed by atoms with Gasteiger partial charge < -0.3 is 5.32 Å². The molecule has 2 aromatic heterocycles. The molecule has 0 unspecified atom stereocenters. The van der Waals surface area contributed by atoms with Gasteiger partial charge in [-0.1, -0.05) is 17.7 Å². The molecule has 3 aromatic rings. The Bertz CT molecular complexity index is 938. The molecule has 0 saturated carbocycles. The Morgan fingerprint density at radius 3 is 2.76 bits per heavy atom. The van der Waals surface area contributed by atoms with Crippen molar-refractivity contribution in [3.05, 3.63) is 60.0 Å². The number of anilines is 1. The van der Waals surface area contributed by atoms with E-state index in [1.807, 2.05) is 0 Å². The van der Waals surface area contributed by atoms with Crippen molar-refractivity contribution < 1.29 is 9.18 Å². The summed E-state index contributed by atoms with van der Waals surface area (Å²) in [5.41, 5.74) is 0.487. The van der Waals surface area contributed by atoms with Crippen molar-refractivity contribution in [3.8, 4) is 0 Å². The predicted octanol–water partition coefficient (Wildman–Crippen LogP) is 4.99. The van der Waals surface area contributed by atoms with Crippen LogP contribution in [0.3, 0.4) is 0 Å². The molecule has 0 fully saturated rings. The minimum absolute atomic E-state index is 0.123. The number of halogens is 5. The van der Waals surface area contributed by atoms with Crippen LogP contribution in [0.25, 0.3) is 0 Å². The zero-order valence-electron chi connectivity index (χ0n) is 12.2. The highest BCUT2D eigenvalue weighted by molar-refractivity contribution is 9.13. The summed E-state index contributed by atoms with van der Waals surface area (Å²) < 4.78 is 17.0. The van der Waals surface area contributed by atoms with Gasteiger partial charge in [0.2, 0.25) is 0 Å². The van der Waals surface area contributed by atoms with Crippen molar-refractivity contribution in [1.29, 1.82) is 0 Å². The lowest BCUT2D eigenvalue weighted by Gasteiger charge is -2.06. The second-order valence-electron chi connectivity index (χ2n) is 4.88. The van der Waals surface area contributed by atoms with Crippen molar-refractivity contribution in [2.24, 2.45) is 0 Å². The van der Waals surface area contributed by atoms with Crippen LogP contribution in [0.4, 0.5) is 10.2 Å². The predicted molar refractivity (Wildman–Crippen MR) is 102 cm³/mol. The highest BCUT2D eigenvalue weighted by atomic mass is 79.9. The first-order valence-electron chi connectivity index (χ1n) is 6.73. The number of amides is 1. The summed E-state index contributed by atoms with van der Waals surface area (Å²) in [7, 11) is 0. The molecule has 0 radical (unpaired) electrons. The van der Waals surface area contributed by atoms with Crippen molar-refractivity contribution in [2.75, 3.05) is 5.32 Å². The molecule has 3 rings (SSSR count). The van der Waals surface area contributed by atoms with E-state index in [0.29, 0.717) is 24.1 Å². The average Bonchev–Trinajstić information content (AvgIpc) is 3.07. The number of aromatic nitrogens is 4. The summed E-state index contributed by atoms with van der Waals surface area (Å²) in [6.07, 6.45) is 1.62. The van der Waals surface area contributed by atoms with Gasteiger partial charge in [-0.3, -0.25) is 14.6 Å². The van der Waals surface area contributed by atoms with Crippen LogP contribution in [0.15, 0.2) is 37.9 Å². The van der Waals surface area contributed by atoms with Gasteiger partial charge in [-0.05, 0) is 59.9 Å². The lowest BCUT2D eigenvalue weighted by Crippen LogP contribution is -2.14. The van der Waals surface area contributed by atoms with Gasteiger partial charge in [0.05, 0.1) is 15.5 Å². The van der Waals surface area contributed by atoms with E-state index >= 15 is 0 Å². The van der Waals surface area contributed by atoms with Crippen LogP contribution >= 0.6 is 59.4 Å². The van der Waals surface area contributed by atoms with E-state index in [0.717, 1.165) is 0 Å². The van der Waals surface area contributed by atoms with Gasteiger partial charge in [0.1, 0.15) is 10.4 Å². The van der Waals surface area contributed by atoms with Crippen LogP contribution < -0.4 is 5.32 Å². The lowest BCUT2D eigenvalue weighted by molar-refractivity contribution is 0.102. The first-order chi connectivity index (χ1) is 11.9. The van der Waals surface area contributed by atoms with Crippen LogP contribution in [-0.4, -0.2) is 25.9 Å². The molecule has 0 aliphatic heterocycles. The Kier molecular flexibility index (Phi) is 5.62. The van der Waals surface area contributed by atoms with Crippen LogP contribution in [-0.2, 0) is 6.54 Å². The summed E-state index contributed by atoms with van der Waals surface area (Å²) in [5, 5.41) is 13.7. The third-order valence-electron chi connectivity index (χ3n) is 3.21. The Morgan fingerprint density at radius 2 is 2.12 bits per heavy atom. The molecule has 0 aliphatic carbocycles. The van der Waals surface area contributed by atoms with Crippen molar-refractivity contribution >= 4 is 71.1 Å². The molecular weight excluding hydrogens is 548 g/mol. The monoisotopic (exact) mass is 553 g/mol. The van der Waals surface area contributed by atoms with Crippen LogP contribution in [0.2, 0.25) is 5.02 Å². The summed E-state index contributed by atoms with van der Waals surface area (Å²) in [6.45, 7) is 0.123. The van der Waals surface area contributed by atoms with E-state index in [-0.39, 0.29) is 18.1 Å². The van der Waals surface area contributed by atoms with Crippen LogP contribution in [0, 0.1) is 5.82 Å². The normalized spacial score (nSPS) is 10.9. The molecule has 0 atom stereocenters. The van der Waals surface area contributed by atoms with E-state index in [1.165, 1.54) is 16.8 Å². The molecule has 0 bridgehead atoms. The van der Waals surface area contributed by atoms with Gasteiger partial charge in [-0.15, -0.1) is 0 Å². The largest absolute Gasteiger partial charge is 0.303 e. The maximum Gasteiger partial charge on any atom is 0.278 e. The van der Waals surface area contributed by atoms with Gasteiger partial charge in [-0.2, -0.15) is 10.2 Å². The molecule has 6 nitrogen and oxygen atoms in total. The van der Waals surface area contributed by atoms with Gasteiger partial charge in [0, 0.05) is 16.8 Å². The molecule has 2 heterocycles. The Hall–Kier alpha value is -1.23. The number of aromatic amines is 1. The molecule has 2 N–H and O–H groups in total. The van der Waals surface area contributed by atoms with E-state index in [1.54, 1.807) is 12.3 Å². The molecule has 0 saturated heterocycles. The van der Waals surface area contributed by atoms with E-state index in [2.05, 4.69) is 68.4 Å². The number of rotatable bonds is 4. The van der Waals surface area contributed by atoms with Crippen LogP contribution in [0.5, 0.6) is 0 Å². The second-order valence-corrected chi connectivity index (χ2v) is 7.73. The van der Waals surface area contributed by atoms with Gasteiger partial charge in [0.15, 0.2) is 11.5 Å².